The highest BCUT2D eigenvalue weighted by Crippen LogP contribution is 2.28. The molecule has 5 nitrogen and oxygen atoms in total. The van der Waals surface area contributed by atoms with E-state index in [1.165, 1.54) is 4.31 Å². The van der Waals surface area contributed by atoms with Crippen molar-refractivity contribution in [3.63, 3.8) is 0 Å². The van der Waals surface area contributed by atoms with Gasteiger partial charge in [-0.15, -0.1) is 0 Å². The first-order valence-corrected chi connectivity index (χ1v) is 8.25. The third kappa shape index (κ3) is 3.68. The van der Waals surface area contributed by atoms with Crippen LogP contribution in [0.15, 0.2) is 0 Å². The molecule has 1 aliphatic heterocycles. The van der Waals surface area contributed by atoms with Gasteiger partial charge in [-0.05, 0) is 25.2 Å². The Morgan fingerprint density at radius 1 is 1.39 bits per heavy atom. The Hall–Kier alpha value is -0.620. The summed E-state index contributed by atoms with van der Waals surface area (Å²) in [7, 11) is -3.42. The molecule has 18 heavy (non-hydrogen) atoms. The summed E-state index contributed by atoms with van der Waals surface area (Å²) < 4.78 is 25.4. The second-order valence-electron chi connectivity index (χ2n) is 4.93. The number of aliphatic carboxylic acids is 1. The van der Waals surface area contributed by atoms with E-state index in [0.29, 0.717) is 25.3 Å². The fraction of sp³-hybridized carbons (Fsp3) is 0.917. The Morgan fingerprint density at radius 3 is 2.56 bits per heavy atom. The van der Waals surface area contributed by atoms with Gasteiger partial charge in [-0.25, -0.2) is 8.42 Å². The molecule has 1 heterocycles. The molecule has 1 aliphatic rings. The zero-order valence-corrected chi connectivity index (χ0v) is 11.9. The van der Waals surface area contributed by atoms with Crippen molar-refractivity contribution in [2.24, 2.45) is 5.92 Å². The van der Waals surface area contributed by atoms with Gasteiger partial charge in [-0.3, -0.25) is 4.79 Å². The van der Waals surface area contributed by atoms with Gasteiger partial charge in [0.15, 0.2) is 0 Å². The van der Waals surface area contributed by atoms with Gasteiger partial charge in [-0.2, -0.15) is 4.31 Å². The summed E-state index contributed by atoms with van der Waals surface area (Å²) in [4.78, 5) is 11.2. The minimum Gasteiger partial charge on any atom is -0.480 e. The number of rotatable bonds is 6. The maximum atomic E-state index is 12.1. The highest BCUT2D eigenvalue weighted by Gasteiger charge is 2.39. The molecule has 6 heteroatoms. The van der Waals surface area contributed by atoms with Crippen molar-refractivity contribution in [2.75, 3.05) is 12.3 Å². The van der Waals surface area contributed by atoms with Crippen LogP contribution in [0.3, 0.4) is 0 Å². The van der Waals surface area contributed by atoms with Gasteiger partial charge >= 0.3 is 5.97 Å². The average molecular weight is 277 g/mol. The van der Waals surface area contributed by atoms with Gasteiger partial charge in [-0.1, -0.05) is 26.7 Å². The van der Waals surface area contributed by atoms with Gasteiger partial charge in [0.25, 0.3) is 0 Å². The summed E-state index contributed by atoms with van der Waals surface area (Å²) in [6, 6.07) is -0.870. The Balaban J connectivity index is 2.82. The maximum Gasteiger partial charge on any atom is 0.322 e. The summed E-state index contributed by atoms with van der Waals surface area (Å²) in [5.41, 5.74) is 0. The van der Waals surface area contributed by atoms with Crippen LogP contribution in [-0.4, -0.2) is 42.1 Å². The Labute approximate surface area is 109 Å². The number of hydrogen-bond donors (Lipinski definition) is 1. The van der Waals surface area contributed by atoms with Crippen molar-refractivity contribution < 1.29 is 18.3 Å². The Bertz CT molecular complexity index is 380. The molecular formula is C12H23NO4S. The van der Waals surface area contributed by atoms with E-state index in [0.717, 1.165) is 19.3 Å². The van der Waals surface area contributed by atoms with Gasteiger partial charge < -0.3 is 5.11 Å². The fourth-order valence-electron chi connectivity index (χ4n) is 2.39. The van der Waals surface area contributed by atoms with Crippen molar-refractivity contribution >= 4 is 16.0 Å². The molecule has 0 aromatic rings. The van der Waals surface area contributed by atoms with E-state index in [-0.39, 0.29) is 5.75 Å². The van der Waals surface area contributed by atoms with Crippen LogP contribution in [-0.2, 0) is 14.8 Å². The van der Waals surface area contributed by atoms with Gasteiger partial charge in [0.2, 0.25) is 10.0 Å². The first-order chi connectivity index (χ1) is 8.42. The molecule has 0 bridgehead atoms. The highest BCUT2D eigenvalue weighted by atomic mass is 32.2. The smallest absolute Gasteiger partial charge is 0.322 e. The largest absolute Gasteiger partial charge is 0.480 e. The van der Waals surface area contributed by atoms with Crippen LogP contribution in [0.4, 0.5) is 0 Å². The van der Waals surface area contributed by atoms with Crippen LogP contribution in [0.25, 0.3) is 0 Å². The molecule has 0 amide bonds. The molecule has 106 valence electrons. The van der Waals surface area contributed by atoms with Crippen molar-refractivity contribution in [1.29, 1.82) is 0 Å². The minimum absolute atomic E-state index is 0.0596. The normalized spacial score (nSPS) is 26.1. The SMILES string of the molecule is CCCCS(=O)(=O)N1CCC(CC)CC1C(=O)O. The fourth-order valence-corrected chi connectivity index (χ4v) is 4.22. The standard InChI is InChI=1S/C12H23NO4S/c1-3-5-8-18(16,17)13-7-6-10(4-2)9-11(13)12(14)15/h10-11H,3-9H2,1-2H3,(H,14,15). The number of carboxylic acid groups (broad SMARTS) is 1. The lowest BCUT2D eigenvalue weighted by molar-refractivity contribution is -0.143. The predicted molar refractivity (Wildman–Crippen MR) is 69.8 cm³/mol. The molecule has 0 aromatic heterocycles. The van der Waals surface area contributed by atoms with Crippen LogP contribution < -0.4 is 0 Å². The first kappa shape index (κ1) is 15.4. The minimum atomic E-state index is -3.42. The molecule has 0 saturated carbocycles. The van der Waals surface area contributed by atoms with Crippen molar-refractivity contribution in [2.45, 2.75) is 52.0 Å². The number of sulfonamides is 1. The van der Waals surface area contributed by atoms with E-state index in [1.807, 2.05) is 13.8 Å². The van der Waals surface area contributed by atoms with E-state index in [1.54, 1.807) is 0 Å². The van der Waals surface area contributed by atoms with Crippen LogP contribution in [0.1, 0.15) is 46.0 Å². The lowest BCUT2D eigenvalue weighted by Gasteiger charge is -2.35. The molecule has 1 saturated heterocycles. The summed E-state index contributed by atoms with van der Waals surface area (Å²) in [5.74, 6) is -0.638. The van der Waals surface area contributed by atoms with E-state index in [2.05, 4.69) is 0 Å². The molecule has 1 N–H and O–H groups in total. The Kier molecular flexibility index (Phi) is 5.59. The highest BCUT2D eigenvalue weighted by molar-refractivity contribution is 7.89. The number of unbranched alkanes of at least 4 members (excludes halogenated alkanes) is 1. The monoisotopic (exact) mass is 277 g/mol. The van der Waals surface area contributed by atoms with E-state index >= 15 is 0 Å². The van der Waals surface area contributed by atoms with Crippen molar-refractivity contribution in [3.05, 3.63) is 0 Å². The summed E-state index contributed by atoms with van der Waals surface area (Å²) >= 11 is 0. The quantitative estimate of drug-likeness (QED) is 0.801. The van der Waals surface area contributed by atoms with E-state index < -0.39 is 22.0 Å². The molecule has 2 atom stereocenters. The third-order valence-corrected chi connectivity index (χ3v) is 5.59. The van der Waals surface area contributed by atoms with E-state index in [9.17, 15) is 18.3 Å². The molecule has 1 rings (SSSR count). The number of piperidine rings is 1. The second-order valence-corrected chi connectivity index (χ2v) is 6.97. The lowest BCUT2D eigenvalue weighted by Crippen LogP contribution is -2.50. The second kappa shape index (κ2) is 6.52. The number of nitrogens with zero attached hydrogens (tertiary/aromatic N) is 1. The predicted octanol–water partition coefficient (Wildman–Crippen LogP) is 1.69. The number of carboxylic acids is 1. The summed E-state index contributed by atoms with van der Waals surface area (Å²) in [6.45, 7) is 4.29. The summed E-state index contributed by atoms with van der Waals surface area (Å²) in [6.07, 6.45) is 3.50. The average Bonchev–Trinajstić information content (AvgIpc) is 2.35. The zero-order chi connectivity index (χ0) is 13.8. The maximum absolute atomic E-state index is 12.1. The summed E-state index contributed by atoms with van der Waals surface area (Å²) in [5, 5.41) is 9.20. The third-order valence-electron chi connectivity index (χ3n) is 3.64. The van der Waals surface area contributed by atoms with Gasteiger partial charge in [0.1, 0.15) is 6.04 Å². The van der Waals surface area contributed by atoms with Crippen molar-refractivity contribution in [1.82, 2.24) is 4.31 Å². The molecule has 0 aliphatic carbocycles. The molecule has 2 unspecified atom stereocenters. The van der Waals surface area contributed by atoms with Gasteiger partial charge in [0, 0.05) is 6.54 Å². The molecule has 0 spiro atoms. The number of hydrogen-bond acceptors (Lipinski definition) is 3. The van der Waals surface area contributed by atoms with Crippen LogP contribution in [0, 0.1) is 5.92 Å². The van der Waals surface area contributed by atoms with Crippen LogP contribution in [0.2, 0.25) is 0 Å². The molecule has 0 aromatic carbocycles. The molecule has 1 fully saturated rings. The zero-order valence-electron chi connectivity index (χ0n) is 11.1. The lowest BCUT2D eigenvalue weighted by atomic mass is 9.90. The molecule has 0 radical (unpaired) electrons. The number of carbonyl (C=O) groups is 1. The van der Waals surface area contributed by atoms with E-state index in [4.69, 9.17) is 0 Å². The van der Waals surface area contributed by atoms with Crippen molar-refractivity contribution in [3.8, 4) is 0 Å². The van der Waals surface area contributed by atoms with Crippen LogP contribution >= 0.6 is 0 Å². The Morgan fingerprint density at radius 2 is 2.06 bits per heavy atom. The first-order valence-electron chi connectivity index (χ1n) is 6.64. The molecular weight excluding hydrogens is 254 g/mol. The van der Waals surface area contributed by atoms with Crippen LogP contribution in [0.5, 0.6) is 0 Å². The topological polar surface area (TPSA) is 74.7 Å². The van der Waals surface area contributed by atoms with Gasteiger partial charge in [0.05, 0.1) is 5.75 Å².